The second kappa shape index (κ2) is 8.30. The zero-order valence-electron chi connectivity index (χ0n) is 19.7. The zero-order chi connectivity index (χ0) is 24.0. The Balaban J connectivity index is 1.70. The van der Waals surface area contributed by atoms with Gasteiger partial charge in [-0.05, 0) is 55.8 Å². The van der Waals surface area contributed by atoms with Gasteiger partial charge in [-0.25, -0.2) is 14.5 Å². The summed E-state index contributed by atoms with van der Waals surface area (Å²) in [4.78, 5) is 24.1. The van der Waals surface area contributed by atoms with Crippen LogP contribution in [0.3, 0.4) is 0 Å². The summed E-state index contributed by atoms with van der Waals surface area (Å²) in [5.41, 5.74) is 4.79. The summed E-state index contributed by atoms with van der Waals surface area (Å²) in [6.07, 6.45) is 1.59. The first-order valence-electron chi connectivity index (χ1n) is 10.9. The number of hydrogen-bond donors (Lipinski definition) is 0. The number of allylic oxidation sites excluding steroid dienone is 2. The standard InChI is InChI=1S/C26H25N5O3/c1-15(32)21-16(2)34-26-23(22(21)17-8-12-20(33-5)13-9-17)25-28-24(29-31(25)14-27-26)18-6-10-19(11-7-18)30(3)4/h6-14,22H,1-5H3/t22-/m0/s1. The average molecular weight is 456 g/mol. The summed E-state index contributed by atoms with van der Waals surface area (Å²) in [5, 5.41) is 4.66. The highest BCUT2D eigenvalue weighted by Crippen LogP contribution is 2.44. The molecule has 0 bridgehead atoms. The number of benzene rings is 2. The van der Waals surface area contributed by atoms with Crippen molar-refractivity contribution in [2.45, 2.75) is 19.8 Å². The summed E-state index contributed by atoms with van der Waals surface area (Å²) >= 11 is 0. The molecule has 2 aromatic carbocycles. The third-order valence-electron chi connectivity index (χ3n) is 6.06. The number of Topliss-reactive ketones (excluding diaryl/α,β-unsaturated/α-hetero) is 1. The molecular formula is C26H25N5O3. The van der Waals surface area contributed by atoms with E-state index in [4.69, 9.17) is 14.5 Å². The van der Waals surface area contributed by atoms with Gasteiger partial charge in [-0.3, -0.25) is 4.79 Å². The molecule has 34 heavy (non-hydrogen) atoms. The van der Waals surface area contributed by atoms with E-state index >= 15 is 0 Å². The first kappa shape index (κ1) is 21.6. The predicted molar refractivity (Wildman–Crippen MR) is 129 cm³/mol. The lowest BCUT2D eigenvalue weighted by Gasteiger charge is -2.28. The fourth-order valence-corrected chi connectivity index (χ4v) is 4.35. The molecule has 4 aromatic rings. The van der Waals surface area contributed by atoms with Gasteiger partial charge in [0.05, 0.1) is 12.7 Å². The van der Waals surface area contributed by atoms with Crippen molar-refractivity contribution in [2.75, 3.05) is 26.1 Å². The Morgan fingerprint density at radius 3 is 2.41 bits per heavy atom. The van der Waals surface area contributed by atoms with Gasteiger partial charge in [-0.15, -0.1) is 5.10 Å². The summed E-state index contributed by atoms with van der Waals surface area (Å²) in [6, 6.07) is 15.7. The number of hydrogen-bond acceptors (Lipinski definition) is 7. The largest absolute Gasteiger partial charge is 0.497 e. The van der Waals surface area contributed by atoms with Gasteiger partial charge in [-0.1, -0.05) is 12.1 Å². The average Bonchev–Trinajstić information content (AvgIpc) is 3.27. The summed E-state index contributed by atoms with van der Waals surface area (Å²) in [7, 11) is 5.62. The lowest BCUT2D eigenvalue weighted by atomic mass is 9.82. The lowest BCUT2D eigenvalue weighted by Crippen LogP contribution is -2.22. The highest BCUT2D eigenvalue weighted by Gasteiger charge is 2.36. The normalized spacial score (nSPS) is 15.1. The number of carbonyl (C=O) groups excluding carboxylic acids is 1. The predicted octanol–water partition coefficient (Wildman–Crippen LogP) is 4.25. The van der Waals surface area contributed by atoms with Crippen molar-refractivity contribution >= 4 is 17.1 Å². The fraction of sp³-hybridized carbons (Fsp3) is 0.231. The maximum Gasteiger partial charge on any atom is 0.228 e. The Kier molecular flexibility index (Phi) is 5.28. The SMILES string of the molecule is COc1ccc([C@H]2C(C(C)=O)=C(C)Oc3ncn4nc(-c5ccc(N(C)C)cc5)nc4c32)cc1. The number of fused-ring (bicyclic) bond motifs is 3. The zero-order valence-corrected chi connectivity index (χ0v) is 19.7. The fourth-order valence-electron chi connectivity index (χ4n) is 4.35. The number of ether oxygens (including phenoxy) is 2. The number of rotatable bonds is 5. The summed E-state index contributed by atoms with van der Waals surface area (Å²) < 4.78 is 13.0. The molecule has 1 aliphatic rings. The van der Waals surface area contributed by atoms with E-state index in [2.05, 4.69) is 10.1 Å². The third-order valence-corrected chi connectivity index (χ3v) is 6.06. The number of methoxy groups -OCH3 is 1. The van der Waals surface area contributed by atoms with Gasteiger partial charge in [0.15, 0.2) is 17.3 Å². The number of anilines is 1. The Hall–Kier alpha value is -4.20. The quantitative estimate of drug-likeness (QED) is 0.445. The molecule has 0 saturated carbocycles. The van der Waals surface area contributed by atoms with Crippen LogP contribution in [0.2, 0.25) is 0 Å². The van der Waals surface area contributed by atoms with E-state index in [1.165, 1.54) is 0 Å². The van der Waals surface area contributed by atoms with E-state index < -0.39 is 5.92 Å². The molecule has 3 heterocycles. The number of nitrogens with zero attached hydrogens (tertiary/aromatic N) is 5. The van der Waals surface area contributed by atoms with Crippen LogP contribution in [0.1, 0.15) is 30.9 Å². The molecule has 8 nitrogen and oxygen atoms in total. The van der Waals surface area contributed by atoms with Crippen LogP contribution in [0.5, 0.6) is 11.6 Å². The molecule has 2 aromatic heterocycles. The maximum atomic E-state index is 12.7. The molecule has 1 atom stereocenters. The van der Waals surface area contributed by atoms with Crippen molar-refractivity contribution in [3.05, 3.63) is 77.3 Å². The molecule has 0 N–H and O–H groups in total. The van der Waals surface area contributed by atoms with Crippen molar-refractivity contribution in [2.24, 2.45) is 0 Å². The molecule has 0 saturated heterocycles. The first-order chi connectivity index (χ1) is 16.4. The van der Waals surface area contributed by atoms with Crippen molar-refractivity contribution in [3.63, 3.8) is 0 Å². The number of carbonyl (C=O) groups is 1. The van der Waals surface area contributed by atoms with Crippen molar-refractivity contribution in [1.29, 1.82) is 0 Å². The Labute approximate surface area is 197 Å². The van der Waals surface area contributed by atoms with Gasteiger partial charge in [0.25, 0.3) is 0 Å². The summed E-state index contributed by atoms with van der Waals surface area (Å²) in [6.45, 7) is 3.35. The van der Waals surface area contributed by atoms with Crippen molar-refractivity contribution in [3.8, 4) is 23.0 Å². The van der Waals surface area contributed by atoms with Crippen LogP contribution < -0.4 is 14.4 Å². The molecule has 0 radical (unpaired) electrons. The topological polar surface area (TPSA) is 81.8 Å². The van der Waals surface area contributed by atoms with Gasteiger partial charge in [0, 0.05) is 36.8 Å². The Bertz CT molecular complexity index is 1420. The van der Waals surface area contributed by atoms with Crippen LogP contribution in [0.25, 0.3) is 17.0 Å². The minimum atomic E-state index is -0.392. The molecule has 172 valence electrons. The monoisotopic (exact) mass is 455 g/mol. The number of aromatic nitrogens is 4. The third kappa shape index (κ3) is 3.57. The van der Waals surface area contributed by atoms with Gasteiger partial charge < -0.3 is 14.4 Å². The highest BCUT2D eigenvalue weighted by atomic mass is 16.5. The Morgan fingerprint density at radius 2 is 1.79 bits per heavy atom. The molecule has 0 amide bonds. The van der Waals surface area contributed by atoms with Crippen LogP contribution in [0.15, 0.2) is 66.2 Å². The first-order valence-corrected chi connectivity index (χ1v) is 10.9. The minimum Gasteiger partial charge on any atom is -0.497 e. The van der Waals surface area contributed by atoms with Crippen molar-refractivity contribution in [1.82, 2.24) is 19.6 Å². The molecule has 0 unspecified atom stereocenters. The van der Waals surface area contributed by atoms with Crippen LogP contribution in [-0.4, -0.2) is 46.6 Å². The second-order valence-electron chi connectivity index (χ2n) is 8.44. The summed E-state index contributed by atoms with van der Waals surface area (Å²) in [5.74, 6) is 1.82. The number of ketones is 1. The van der Waals surface area contributed by atoms with E-state index in [-0.39, 0.29) is 5.78 Å². The second-order valence-corrected chi connectivity index (χ2v) is 8.44. The molecule has 0 fully saturated rings. The molecule has 8 heteroatoms. The van der Waals surface area contributed by atoms with E-state index in [1.54, 1.807) is 31.8 Å². The van der Waals surface area contributed by atoms with Gasteiger partial charge in [0.2, 0.25) is 5.88 Å². The van der Waals surface area contributed by atoms with E-state index in [1.807, 2.05) is 67.5 Å². The van der Waals surface area contributed by atoms with Crippen LogP contribution in [0.4, 0.5) is 5.69 Å². The minimum absolute atomic E-state index is 0.0648. The van der Waals surface area contributed by atoms with Gasteiger partial charge in [-0.2, -0.15) is 0 Å². The molecule has 1 aliphatic heterocycles. The smallest absolute Gasteiger partial charge is 0.228 e. The Morgan fingerprint density at radius 1 is 1.09 bits per heavy atom. The van der Waals surface area contributed by atoms with Crippen LogP contribution in [-0.2, 0) is 4.79 Å². The highest BCUT2D eigenvalue weighted by molar-refractivity contribution is 5.97. The maximum absolute atomic E-state index is 12.7. The van der Waals surface area contributed by atoms with E-state index in [9.17, 15) is 4.79 Å². The molecule has 0 aliphatic carbocycles. The van der Waals surface area contributed by atoms with E-state index in [0.29, 0.717) is 34.2 Å². The van der Waals surface area contributed by atoms with Crippen LogP contribution >= 0.6 is 0 Å². The molecule has 0 spiro atoms. The van der Waals surface area contributed by atoms with E-state index in [0.717, 1.165) is 22.6 Å². The molecule has 5 rings (SSSR count). The van der Waals surface area contributed by atoms with Crippen molar-refractivity contribution < 1.29 is 14.3 Å². The van der Waals surface area contributed by atoms with Gasteiger partial charge >= 0.3 is 0 Å². The van der Waals surface area contributed by atoms with Gasteiger partial charge in [0.1, 0.15) is 17.8 Å². The molecular weight excluding hydrogens is 430 g/mol. The lowest BCUT2D eigenvalue weighted by molar-refractivity contribution is -0.114. The van der Waals surface area contributed by atoms with Crippen LogP contribution in [0, 0.1) is 0 Å².